The molecule has 18 heavy (non-hydrogen) atoms. The normalized spacial score (nSPS) is 15.8. The van der Waals surface area contributed by atoms with Crippen LogP contribution in [0.3, 0.4) is 0 Å². The fraction of sp³-hybridized carbons (Fsp3) is 0.615. The number of hydrogen-bond acceptors (Lipinski definition) is 3. The van der Waals surface area contributed by atoms with Crippen molar-refractivity contribution in [2.24, 2.45) is 0 Å². The number of aromatic nitrogens is 1. The number of nitrogens with zero attached hydrogens (tertiary/aromatic N) is 2. The molecule has 0 fully saturated rings. The number of rotatable bonds is 4. The summed E-state index contributed by atoms with van der Waals surface area (Å²) in [6.45, 7) is 10.7. The highest BCUT2D eigenvalue weighted by Gasteiger charge is 2.35. The van der Waals surface area contributed by atoms with Gasteiger partial charge in [-0.05, 0) is 52.3 Å². The van der Waals surface area contributed by atoms with E-state index in [2.05, 4.69) is 4.98 Å². The van der Waals surface area contributed by atoms with Crippen molar-refractivity contribution in [2.75, 3.05) is 6.54 Å². The second kappa shape index (κ2) is 6.24. The van der Waals surface area contributed by atoms with E-state index in [1.54, 1.807) is 6.20 Å². The second-order valence-corrected chi connectivity index (χ2v) is 7.76. The number of halogens is 1. The van der Waals surface area contributed by atoms with Crippen molar-refractivity contribution >= 4 is 23.0 Å². The smallest absolute Gasteiger partial charge is 0.137 e. The second-order valence-electron chi connectivity index (χ2n) is 5.18. The van der Waals surface area contributed by atoms with Crippen LogP contribution in [0.4, 0.5) is 0 Å². The predicted octanol–water partition coefficient (Wildman–Crippen LogP) is 3.58. The van der Waals surface area contributed by atoms with Crippen molar-refractivity contribution in [3.8, 4) is 0 Å². The van der Waals surface area contributed by atoms with Crippen LogP contribution in [0.25, 0.3) is 0 Å². The Kier molecular flexibility index (Phi) is 5.46. The van der Waals surface area contributed by atoms with Gasteiger partial charge in [-0.2, -0.15) is 0 Å². The van der Waals surface area contributed by atoms with E-state index in [-0.39, 0.29) is 10.8 Å². The van der Waals surface area contributed by atoms with Crippen molar-refractivity contribution in [1.82, 2.24) is 9.29 Å². The molecule has 1 aromatic rings. The molecule has 0 saturated heterocycles. The van der Waals surface area contributed by atoms with Crippen molar-refractivity contribution < 1.29 is 4.55 Å². The highest BCUT2D eigenvalue weighted by atomic mass is 35.5. The molecule has 0 radical (unpaired) electrons. The summed E-state index contributed by atoms with van der Waals surface area (Å²) < 4.78 is 14.2. The minimum absolute atomic E-state index is 0.0514. The Balaban J connectivity index is 2.96. The minimum atomic E-state index is -1.04. The molecular weight excluding hydrogens is 268 g/mol. The molecule has 3 nitrogen and oxygen atoms in total. The molecule has 0 aliphatic heterocycles. The fourth-order valence-electron chi connectivity index (χ4n) is 1.73. The van der Waals surface area contributed by atoms with Gasteiger partial charge in [0.15, 0.2) is 0 Å². The topological polar surface area (TPSA) is 39.2 Å². The molecule has 2 atom stereocenters. The molecule has 0 saturated carbocycles. The zero-order chi connectivity index (χ0) is 13.9. The monoisotopic (exact) mass is 288 g/mol. The van der Waals surface area contributed by atoms with Gasteiger partial charge in [0.05, 0.1) is 6.04 Å². The van der Waals surface area contributed by atoms with E-state index in [0.29, 0.717) is 5.15 Å². The molecule has 0 aromatic carbocycles. The van der Waals surface area contributed by atoms with Gasteiger partial charge in [-0.1, -0.05) is 11.6 Å². The van der Waals surface area contributed by atoms with Gasteiger partial charge in [0.25, 0.3) is 0 Å². The molecule has 1 heterocycles. The van der Waals surface area contributed by atoms with Gasteiger partial charge in [-0.25, -0.2) is 4.98 Å². The van der Waals surface area contributed by atoms with Gasteiger partial charge in [-0.3, -0.25) is 0 Å². The maximum Gasteiger partial charge on any atom is 0.137 e. The summed E-state index contributed by atoms with van der Waals surface area (Å²) in [7, 11) is 0. The van der Waals surface area contributed by atoms with Crippen LogP contribution in [-0.2, 0) is 11.4 Å². The van der Waals surface area contributed by atoms with E-state index in [0.717, 1.165) is 12.1 Å². The van der Waals surface area contributed by atoms with Gasteiger partial charge < -0.3 is 4.55 Å². The lowest BCUT2D eigenvalue weighted by Gasteiger charge is -2.35. The van der Waals surface area contributed by atoms with Crippen LogP contribution in [0, 0.1) is 0 Å². The molecule has 102 valence electrons. The SMILES string of the molecule is CCN([C@H](C)c1ccnc(Cl)c1)[S+]([O-])C(C)(C)C. The first-order valence-corrected chi connectivity index (χ1v) is 7.56. The van der Waals surface area contributed by atoms with Crippen molar-refractivity contribution in [2.45, 2.75) is 45.4 Å². The van der Waals surface area contributed by atoms with Crippen LogP contribution in [0.15, 0.2) is 18.3 Å². The average molecular weight is 289 g/mol. The maximum absolute atomic E-state index is 12.5. The van der Waals surface area contributed by atoms with Crippen molar-refractivity contribution in [3.05, 3.63) is 29.0 Å². The molecule has 0 spiro atoms. The Morgan fingerprint density at radius 2 is 2.11 bits per heavy atom. The third-order valence-electron chi connectivity index (χ3n) is 2.71. The lowest BCUT2D eigenvalue weighted by molar-refractivity contribution is 0.344. The summed E-state index contributed by atoms with van der Waals surface area (Å²) in [5, 5.41) is 0.469. The van der Waals surface area contributed by atoms with Crippen LogP contribution in [0.1, 0.15) is 46.2 Å². The van der Waals surface area contributed by atoms with Gasteiger partial charge in [-0.15, -0.1) is 4.31 Å². The molecular formula is C13H21ClN2OS. The lowest BCUT2D eigenvalue weighted by atomic mass is 10.1. The highest BCUT2D eigenvalue weighted by molar-refractivity contribution is 7.90. The van der Waals surface area contributed by atoms with E-state index < -0.39 is 11.4 Å². The molecule has 0 bridgehead atoms. The Morgan fingerprint density at radius 1 is 1.50 bits per heavy atom. The summed E-state index contributed by atoms with van der Waals surface area (Å²) in [6, 6.07) is 3.80. The molecule has 1 aromatic heterocycles. The minimum Gasteiger partial charge on any atom is -0.597 e. The molecule has 5 heteroatoms. The Morgan fingerprint density at radius 3 is 2.56 bits per heavy atom. The van der Waals surface area contributed by atoms with E-state index in [9.17, 15) is 4.55 Å². The van der Waals surface area contributed by atoms with Crippen molar-refractivity contribution in [3.63, 3.8) is 0 Å². The standard InChI is InChI=1S/C13H21ClN2OS/c1-6-16(18(17)13(3,4)5)10(2)11-7-8-15-12(14)9-11/h7-10H,6H2,1-5H3/t10-,18?/m1/s1. The van der Waals surface area contributed by atoms with Crippen LogP contribution in [0.5, 0.6) is 0 Å². The Labute approximate surface area is 118 Å². The third-order valence-corrected chi connectivity index (χ3v) is 4.97. The Bertz CT molecular complexity index is 395. The molecule has 0 aliphatic carbocycles. The summed E-state index contributed by atoms with van der Waals surface area (Å²) in [4.78, 5) is 3.97. The predicted molar refractivity (Wildman–Crippen MR) is 77.9 cm³/mol. The first kappa shape index (κ1) is 15.8. The molecule has 0 N–H and O–H groups in total. The van der Waals surface area contributed by atoms with Crippen LogP contribution < -0.4 is 0 Å². The zero-order valence-electron chi connectivity index (χ0n) is 11.6. The quantitative estimate of drug-likeness (QED) is 0.628. The molecule has 0 aliphatic rings. The maximum atomic E-state index is 12.5. The van der Waals surface area contributed by atoms with Crippen LogP contribution in [0.2, 0.25) is 5.15 Å². The van der Waals surface area contributed by atoms with Crippen molar-refractivity contribution in [1.29, 1.82) is 0 Å². The van der Waals surface area contributed by atoms with E-state index in [1.807, 2.05) is 51.1 Å². The van der Waals surface area contributed by atoms with Crippen LogP contribution >= 0.6 is 11.6 Å². The largest absolute Gasteiger partial charge is 0.597 e. The van der Waals surface area contributed by atoms with E-state index in [1.165, 1.54) is 0 Å². The summed E-state index contributed by atoms with van der Waals surface area (Å²) in [5.41, 5.74) is 1.04. The van der Waals surface area contributed by atoms with E-state index in [4.69, 9.17) is 11.6 Å². The third kappa shape index (κ3) is 3.85. The van der Waals surface area contributed by atoms with Gasteiger partial charge >= 0.3 is 0 Å². The molecule has 0 amide bonds. The average Bonchev–Trinajstić information content (AvgIpc) is 2.28. The van der Waals surface area contributed by atoms with E-state index >= 15 is 0 Å². The fourth-order valence-corrected chi connectivity index (χ4v) is 3.26. The van der Waals surface area contributed by atoms with Gasteiger partial charge in [0.2, 0.25) is 0 Å². The molecule has 1 unspecified atom stereocenters. The number of pyridine rings is 1. The Hall–Kier alpha value is -0.290. The zero-order valence-corrected chi connectivity index (χ0v) is 13.2. The van der Waals surface area contributed by atoms with Crippen LogP contribution in [-0.4, -0.2) is 25.1 Å². The number of hydrogen-bond donors (Lipinski definition) is 0. The van der Waals surface area contributed by atoms with Gasteiger partial charge in [0, 0.05) is 24.1 Å². The molecule has 1 rings (SSSR count). The summed E-state index contributed by atoms with van der Waals surface area (Å²) in [6.07, 6.45) is 1.68. The lowest BCUT2D eigenvalue weighted by Crippen LogP contribution is -2.44. The summed E-state index contributed by atoms with van der Waals surface area (Å²) in [5.74, 6) is 0. The highest BCUT2D eigenvalue weighted by Crippen LogP contribution is 2.29. The summed E-state index contributed by atoms with van der Waals surface area (Å²) >= 11 is 4.86. The van der Waals surface area contributed by atoms with Gasteiger partial charge in [0.1, 0.15) is 9.90 Å². The first-order chi connectivity index (χ1) is 8.27. The first-order valence-electron chi connectivity index (χ1n) is 6.07.